The number of esters is 2. The molecule has 6 nitrogen and oxygen atoms in total. The van der Waals surface area contributed by atoms with Gasteiger partial charge in [0.05, 0.1) is 0 Å². The predicted molar refractivity (Wildman–Crippen MR) is 63.9 cm³/mol. The number of benzene rings is 1. The molecule has 6 heteroatoms. The van der Waals surface area contributed by atoms with Crippen molar-refractivity contribution in [3.8, 4) is 0 Å². The lowest BCUT2D eigenvalue weighted by atomic mass is 10.1. The molecular formula is C13H13NO5. The zero-order valence-corrected chi connectivity index (χ0v) is 10.1. The van der Waals surface area contributed by atoms with Crippen LogP contribution in [0.25, 0.3) is 0 Å². The summed E-state index contributed by atoms with van der Waals surface area (Å²) in [5.41, 5.74) is 0.893. The summed E-state index contributed by atoms with van der Waals surface area (Å²) >= 11 is 0. The summed E-state index contributed by atoms with van der Waals surface area (Å²) in [7, 11) is 0. The van der Waals surface area contributed by atoms with Crippen molar-refractivity contribution < 1.29 is 23.9 Å². The number of rotatable bonds is 5. The molecule has 1 aliphatic heterocycles. The summed E-state index contributed by atoms with van der Waals surface area (Å²) in [5.74, 6) is -1.07. The van der Waals surface area contributed by atoms with Crippen LogP contribution in [0.5, 0.6) is 0 Å². The van der Waals surface area contributed by atoms with Gasteiger partial charge in [0.1, 0.15) is 12.6 Å². The van der Waals surface area contributed by atoms with Crippen LogP contribution < -0.4 is 5.32 Å². The summed E-state index contributed by atoms with van der Waals surface area (Å²) in [6, 6.07) is 8.53. The number of cyclic esters (lactones) is 2. The topological polar surface area (TPSA) is 81.7 Å². The molecule has 19 heavy (non-hydrogen) atoms. The van der Waals surface area contributed by atoms with Crippen LogP contribution in [0.2, 0.25) is 0 Å². The normalized spacial score (nSPS) is 17.8. The van der Waals surface area contributed by atoms with Gasteiger partial charge in [0, 0.05) is 6.42 Å². The molecule has 1 aromatic rings. The first-order chi connectivity index (χ1) is 9.15. The minimum atomic E-state index is -0.771. The quantitative estimate of drug-likeness (QED) is 0.636. The molecular weight excluding hydrogens is 250 g/mol. The second-order valence-corrected chi connectivity index (χ2v) is 4.09. The number of carbonyl (C=O) groups is 3. The number of amides is 1. The smallest absolute Gasteiger partial charge is 0.415 e. The Labute approximate surface area is 109 Å². The van der Waals surface area contributed by atoms with Crippen molar-refractivity contribution in [2.24, 2.45) is 0 Å². The van der Waals surface area contributed by atoms with Crippen LogP contribution in [-0.2, 0) is 25.7 Å². The second kappa shape index (κ2) is 5.99. The van der Waals surface area contributed by atoms with Crippen LogP contribution in [0, 0.1) is 0 Å². The number of hydrogen-bond acceptors (Lipinski definition) is 5. The fourth-order valence-electron chi connectivity index (χ4n) is 1.66. The van der Waals surface area contributed by atoms with Gasteiger partial charge in [-0.1, -0.05) is 30.3 Å². The fourth-order valence-corrected chi connectivity index (χ4v) is 1.66. The highest BCUT2D eigenvalue weighted by Crippen LogP contribution is 2.08. The summed E-state index contributed by atoms with van der Waals surface area (Å²) in [6.07, 6.45) is -0.543. The lowest BCUT2D eigenvalue weighted by Gasteiger charge is -2.06. The SMILES string of the molecule is O=C(CC[C@@H]1NC(=O)OC1=O)OCc1ccccc1. The van der Waals surface area contributed by atoms with Crippen molar-refractivity contribution in [3.63, 3.8) is 0 Å². The first-order valence-electron chi connectivity index (χ1n) is 5.87. The largest absolute Gasteiger partial charge is 0.461 e. The fraction of sp³-hybridized carbons (Fsp3) is 0.308. The van der Waals surface area contributed by atoms with E-state index in [2.05, 4.69) is 10.1 Å². The molecule has 1 saturated heterocycles. The monoisotopic (exact) mass is 263 g/mol. The summed E-state index contributed by atoms with van der Waals surface area (Å²) < 4.78 is 9.34. The molecule has 1 atom stereocenters. The van der Waals surface area contributed by atoms with E-state index in [4.69, 9.17) is 4.74 Å². The highest BCUT2D eigenvalue weighted by molar-refractivity contribution is 5.95. The number of alkyl carbamates (subject to hydrolysis) is 1. The molecule has 0 saturated carbocycles. The van der Waals surface area contributed by atoms with E-state index in [1.165, 1.54) is 0 Å². The molecule has 1 fully saturated rings. The molecule has 1 heterocycles. The molecule has 1 aromatic carbocycles. The maximum atomic E-state index is 11.5. The Morgan fingerprint density at radius 1 is 1.26 bits per heavy atom. The third-order valence-electron chi connectivity index (χ3n) is 2.65. The van der Waals surface area contributed by atoms with Gasteiger partial charge >= 0.3 is 18.0 Å². The molecule has 100 valence electrons. The van der Waals surface area contributed by atoms with Gasteiger partial charge in [0.25, 0.3) is 0 Å². The lowest BCUT2D eigenvalue weighted by Crippen LogP contribution is -2.29. The molecule has 1 amide bonds. The van der Waals surface area contributed by atoms with Gasteiger partial charge in [-0.15, -0.1) is 0 Å². The molecule has 0 radical (unpaired) electrons. The Kier molecular flexibility index (Phi) is 4.12. The van der Waals surface area contributed by atoms with Gasteiger partial charge in [-0.05, 0) is 12.0 Å². The van der Waals surface area contributed by atoms with Crippen LogP contribution in [0.1, 0.15) is 18.4 Å². The van der Waals surface area contributed by atoms with E-state index in [9.17, 15) is 14.4 Å². The Morgan fingerprint density at radius 2 is 2.00 bits per heavy atom. The predicted octanol–water partition coefficient (Wildman–Crippen LogP) is 1.14. The minimum Gasteiger partial charge on any atom is -0.461 e. The van der Waals surface area contributed by atoms with Gasteiger partial charge in [-0.3, -0.25) is 4.79 Å². The van der Waals surface area contributed by atoms with E-state index < -0.39 is 24.1 Å². The van der Waals surface area contributed by atoms with Crippen molar-refractivity contribution in [1.29, 1.82) is 0 Å². The van der Waals surface area contributed by atoms with Crippen molar-refractivity contribution >= 4 is 18.0 Å². The van der Waals surface area contributed by atoms with Crippen LogP contribution in [0.4, 0.5) is 4.79 Å². The molecule has 0 spiro atoms. The molecule has 0 aliphatic carbocycles. The van der Waals surface area contributed by atoms with Crippen LogP contribution in [-0.4, -0.2) is 24.1 Å². The van der Waals surface area contributed by atoms with Gasteiger partial charge in [-0.25, -0.2) is 9.59 Å². The van der Waals surface area contributed by atoms with Crippen LogP contribution in [0.15, 0.2) is 30.3 Å². The third-order valence-corrected chi connectivity index (χ3v) is 2.65. The van der Waals surface area contributed by atoms with E-state index in [0.717, 1.165) is 5.56 Å². The number of ether oxygens (including phenoxy) is 2. The molecule has 1 aliphatic rings. The van der Waals surface area contributed by atoms with Crippen LogP contribution >= 0.6 is 0 Å². The van der Waals surface area contributed by atoms with Crippen molar-refractivity contribution in [2.45, 2.75) is 25.5 Å². The highest BCUT2D eigenvalue weighted by atomic mass is 16.6. The van der Waals surface area contributed by atoms with E-state index in [1.807, 2.05) is 30.3 Å². The van der Waals surface area contributed by atoms with E-state index in [-0.39, 0.29) is 19.4 Å². The first kappa shape index (κ1) is 13.1. The standard InChI is InChI=1S/C13H13NO5/c15-11(18-8-9-4-2-1-3-5-9)7-6-10-12(16)19-13(17)14-10/h1-5,10H,6-8H2,(H,14,17)/t10-/m0/s1. The van der Waals surface area contributed by atoms with E-state index >= 15 is 0 Å². The molecule has 1 N–H and O–H groups in total. The zero-order chi connectivity index (χ0) is 13.7. The van der Waals surface area contributed by atoms with E-state index in [1.54, 1.807) is 0 Å². The number of carbonyl (C=O) groups excluding carboxylic acids is 3. The second-order valence-electron chi connectivity index (χ2n) is 4.09. The van der Waals surface area contributed by atoms with Gasteiger partial charge < -0.3 is 14.8 Å². The summed E-state index contributed by atoms with van der Waals surface area (Å²) in [5, 5.41) is 2.31. The first-order valence-corrected chi connectivity index (χ1v) is 5.87. The minimum absolute atomic E-state index is 0.0485. The van der Waals surface area contributed by atoms with Gasteiger partial charge in [0.15, 0.2) is 0 Å². The summed E-state index contributed by atoms with van der Waals surface area (Å²) in [6.45, 7) is 0.196. The van der Waals surface area contributed by atoms with Crippen LogP contribution in [0.3, 0.4) is 0 Å². The average Bonchev–Trinajstić information content (AvgIpc) is 2.73. The molecule has 2 rings (SSSR count). The number of hydrogen-bond donors (Lipinski definition) is 1. The molecule has 0 unspecified atom stereocenters. The Bertz CT molecular complexity index is 485. The molecule has 0 bridgehead atoms. The Morgan fingerprint density at radius 3 is 2.63 bits per heavy atom. The summed E-state index contributed by atoms with van der Waals surface area (Å²) in [4.78, 5) is 33.3. The molecule has 0 aromatic heterocycles. The number of nitrogens with one attached hydrogen (secondary N) is 1. The third kappa shape index (κ3) is 3.80. The maximum Gasteiger partial charge on any atom is 0.415 e. The van der Waals surface area contributed by atoms with Gasteiger partial charge in [0.2, 0.25) is 0 Å². The van der Waals surface area contributed by atoms with Crippen molar-refractivity contribution in [2.75, 3.05) is 0 Å². The van der Waals surface area contributed by atoms with E-state index in [0.29, 0.717) is 0 Å². The Balaban J connectivity index is 1.70. The van der Waals surface area contributed by atoms with Gasteiger partial charge in [-0.2, -0.15) is 0 Å². The van der Waals surface area contributed by atoms with Crippen molar-refractivity contribution in [1.82, 2.24) is 5.32 Å². The Hall–Kier alpha value is -2.37. The average molecular weight is 263 g/mol. The maximum absolute atomic E-state index is 11.5. The van der Waals surface area contributed by atoms with Crippen molar-refractivity contribution in [3.05, 3.63) is 35.9 Å². The zero-order valence-electron chi connectivity index (χ0n) is 10.1. The lowest BCUT2D eigenvalue weighted by molar-refractivity contribution is -0.145. The highest BCUT2D eigenvalue weighted by Gasteiger charge is 2.32.